The highest BCUT2D eigenvalue weighted by Crippen LogP contribution is 2.38. The Morgan fingerprint density at radius 3 is 2.69 bits per heavy atom. The molecule has 2 aliphatic rings. The van der Waals surface area contributed by atoms with E-state index in [9.17, 15) is 9.59 Å². The standard InChI is InChI=1S/C22H24N2O5/c23-22(26)16-5-1-2-7-18(16)29-14-21(25)24-10-3-6-17(24)15-8-9-19-20(13-15)28-12-4-11-27-19/h1-2,5,7-9,13,17H,3-4,6,10-12,14H2,(H2,23,26)/t17-/m1/s1. The molecule has 2 heterocycles. The van der Waals surface area contributed by atoms with Gasteiger partial charge in [0.2, 0.25) is 0 Å². The molecule has 1 fully saturated rings. The quantitative estimate of drug-likeness (QED) is 0.839. The van der Waals surface area contributed by atoms with Gasteiger partial charge in [-0.25, -0.2) is 0 Å². The molecule has 0 unspecified atom stereocenters. The van der Waals surface area contributed by atoms with Crippen LogP contribution in [0.5, 0.6) is 17.2 Å². The highest BCUT2D eigenvalue weighted by atomic mass is 16.5. The second-order valence-electron chi connectivity index (χ2n) is 7.15. The molecule has 2 aromatic rings. The maximum Gasteiger partial charge on any atom is 0.261 e. The fourth-order valence-electron chi connectivity index (χ4n) is 3.82. The van der Waals surface area contributed by atoms with Gasteiger partial charge in [-0.1, -0.05) is 18.2 Å². The molecule has 7 nitrogen and oxygen atoms in total. The Morgan fingerprint density at radius 1 is 1.07 bits per heavy atom. The zero-order valence-electron chi connectivity index (χ0n) is 16.1. The van der Waals surface area contributed by atoms with Crippen molar-refractivity contribution in [3.8, 4) is 17.2 Å². The first-order chi connectivity index (χ1) is 14.1. The van der Waals surface area contributed by atoms with Gasteiger partial charge in [0, 0.05) is 13.0 Å². The van der Waals surface area contributed by atoms with Crippen LogP contribution in [0, 0.1) is 0 Å². The van der Waals surface area contributed by atoms with Gasteiger partial charge in [0.15, 0.2) is 18.1 Å². The molecular weight excluding hydrogens is 372 g/mol. The smallest absolute Gasteiger partial charge is 0.261 e. The van der Waals surface area contributed by atoms with Crippen molar-refractivity contribution in [3.05, 3.63) is 53.6 Å². The molecule has 2 aromatic carbocycles. The molecule has 4 rings (SSSR count). The SMILES string of the molecule is NC(=O)c1ccccc1OCC(=O)N1CCC[C@@H]1c1ccc2c(c1)OCCCO2. The number of benzene rings is 2. The zero-order chi connectivity index (χ0) is 20.2. The number of nitrogens with two attached hydrogens (primary N) is 1. The van der Waals surface area contributed by atoms with E-state index in [2.05, 4.69) is 0 Å². The van der Waals surface area contributed by atoms with Gasteiger partial charge < -0.3 is 24.8 Å². The van der Waals surface area contributed by atoms with Gasteiger partial charge in [-0.2, -0.15) is 0 Å². The van der Waals surface area contributed by atoms with E-state index >= 15 is 0 Å². The van der Waals surface area contributed by atoms with Gasteiger partial charge in [-0.05, 0) is 42.7 Å². The summed E-state index contributed by atoms with van der Waals surface area (Å²) in [6.45, 7) is 1.78. The van der Waals surface area contributed by atoms with Crippen molar-refractivity contribution in [2.24, 2.45) is 5.73 Å². The van der Waals surface area contributed by atoms with Gasteiger partial charge in [0.25, 0.3) is 11.8 Å². The fourth-order valence-corrected chi connectivity index (χ4v) is 3.82. The summed E-state index contributed by atoms with van der Waals surface area (Å²) in [5, 5.41) is 0. The Morgan fingerprint density at radius 2 is 1.86 bits per heavy atom. The predicted molar refractivity (Wildman–Crippen MR) is 106 cm³/mol. The molecule has 152 valence electrons. The van der Waals surface area contributed by atoms with E-state index in [0.717, 1.165) is 36.3 Å². The van der Waals surface area contributed by atoms with Crippen LogP contribution in [-0.4, -0.2) is 43.1 Å². The van der Waals surface area contributed by atoms with Crippen LogP contribution in [0.25, 0.3) is 0 Å². The molecule has 0 radical (unpaired) electrons. The van der Waals surface area contributed by atoms with E-state index in [4.69, 9.17) is 19.9 Å². The lowest BCUT2D eigenvalue weighted by Crippen LogP contribution is -2.34. The number of hydrogen-bond acceptors (Lipinski definition) is 5. The number of rotatable bonds is 5. The van der Waals surface area contributed by atoms with Crippen LogP contribution in [0.3, 0.4) is 0 Å². The summed E-state index contributed by atoms with van der Waals surface area (Å²) in [4.78, 5) is 26.2. The summed E-state index contributed by atoms with van der Waals surface area (Å²) in [5.74, 6) is 1.08. The molecule has 1 saturated heterocycles. The number of carbonyl (C=O) groups is 2. The van der Waals surface area contributed by atoms with Crippen LogP contribution in [0.15, 0.2) is 42.5 Å². The Hall–Kier alpha value is -3.22. The number of nitrogens with zero attached hydrogens (tertiary/aromatic N) is 1. The average Bonchev–Trinajstić information content (AvgIpc) is 3.11. The van der Waals surface area contributed by atoms with Crippen molar-refractivity contribution in [1.82, 2.24) is 4.90 Å². The Balaban J connectivity index is 1.47. The van der Waals surface area contributed by atoms with Crippen LogP contribution in [0.4, 0.5) is 0 Å². The van der Waals surface area contributed by atoms with Crippen molar-refractivity contribution in [1.29, 1.82) is 0 Å². The van der Waals surface area contributed by atoms with Crippen molar-refractivity contribution < 1.29 is 23.8 Å². The topological polar surface area (TPSA) is 91.1 Å². The van der Waals surface area contributed by atoms with Crippen LogP contribution < -0.4 is 19.9 Å². The van der Waals surface area contributed by atoms with E-state index in [1.165, 1.54) is 0 Å². The first kappa shape index (κ1) is 19.1. The molecule has 29 heavy (non-hydrogen) atoms. The number of hydrogen-bond donors (Lipinski definition) is 1. The number of ether oxygens (including phenoxy) is 3. The molecule has 1 atom stereocenters. The summed E-state index contributed by atoms with van der Waals surface area (Å²) in [7, 11) is 0. The van der Waals surface area contributed by atoms with Crippen molar-refractivity contribution in [2.45, 2.75) is 25.3 Å². The number of para-hydroxylation sites is 1. The summed E-state index contributed by atoms with van der Waals surface area (Å²) in [5.41, 5.74) is 6.66. The van der Waals surface area contributed by atoms with E-state index in [0.29, 0.717) is 25.5 Å². The van der Waals surface area contributed by atoms with Gasteiger partial charge >= 0.3 is 0 Å². The minimum Gasteiger partial charge on any atom is -0.490 e. The molecule has 0 saturated carbocycles. The van der Waals surface area contributed by atoms with Gasteiger partial charge in [-0.15, -0.1) is 0 Å². The fraction of sp³-hybridized carbons (Fsp3) is 0.364. The van der Waals surface area contributed by atoms with Gasteiger partial charge in [0.05, 0.1) is 24.8 Å². The minimum absolute atomic E-state index is 0.0327. The van der Waals surface area contributed by atoms with Crippen LogP contribution in [-0.2, 0) is 4.79 Å². The maximum absolute atomic E-state index is 12.9. The lowest BCUT2D eigenvalue weighted by molar-refractivity contribution is -0.134. The summed E-state index contributed by atoms with van der Waals surface area (Å²) >= 11 is 0. The van der Waals surface area contributed by atoms with Crippen molar-refractivity contribution in [3.63, 3.8) is 0 Å². The van der Waals surface area contributed by atoms with Crippen LogP contribution in [0.1, 0.15) is 41.2 Å². The molecule has 0 bridgehead atoms. The number of amides is 2. The lowest BCUT2D eigenvalue weighted by Gasteiger charge is -2.26. The summed E-state index contributed by atoms with van der Waals surface area (Å²) in [6.07, 6.45) is 2.65. The number of primary amides is 1. The highest BCUT2D eigenvalue weighted by Gasteiger charge is 2.31. The Bertz CT molecular complexity index is 914. The maximum atomic E-state index is 12.9. The minimum atomic E-state index is -0.584. The van der Waals surface area contributed by atoms with E-state index in [-0.39, 0.29) is 24.1 Å². The predicted octanol–water partition coefficient (Wildman–Crippen LogP) is 2.69. The highest BCUT2D eigenvalue weighted by molar-refractivity contribution is 5.95. The van der Waals surface area contributed by atoms with Crippen molar-refractivity contribution >= 4 is 11.8 Å². The Labute approximate surface area is 169 Å². The lowest BCUT2D eigenvalue weighted by atomic mass is 10.0. The second-order valence-corrected chi connectivity index (χ2v) is 7.15. The Kier molecular flexibility index (Phi) is 5.55. The normalized spacial score (nSPS) is 18.2. The monoisotopic (exact) mass is 396 g/mol. The first-order valence-electron chi connectivity index (χ1n) is 9.84. The van der Waals surface area contributed by atoms with E-state index < -0.39 is 5.91 Å². The van der Waals surface area contributed by atoms with E-state index in [1.54, 1.807) is 24.3 Å². The molecule has 0 aliphatic carbocycles. The van der Waals surface area contributed by atoms with Crippen LogP contribution in [0.2, 0.25) is 0 Å². The van der Waals surface area contributed by atoms with Gasteiger partial charge in [-0.3, -0.25) is 9.59 Å². The third-order valence-electron chi connectivity index (χ3n) is 5.23. The van der Waals surface area contributed by atoms with Gasteiger partial charge in [0.1, 0.15) is 5.75 Å². The molecule has 0 spiro atoms. The second kappa shape index (κ2) is 8.43. The number of likely N-dealkylation sites (tertiary alicyclic amines) is 1. The number of fused-ring (bicyclic) bond motifs is 1. The van der Waals surface area contributed by atoms with Crippen LogP contribution >= 0.6 is 0 Å². The molecule has 0 aromatic heterocycles. The number of carbonyl (C=O) groups excluding carboxylic acids is 2. The third-order valence-corrected chi connectivity index (χ3v) is 5.23. The van der Waals surface area contributed by atoms with Crippen molar-refractivity contribution in [2.75, 3.05) is 26.4 Å². The third kappa shape index (κ3) is 4.13. The zero-order valence-corrected chi connectivity index (χ0v) is 16.1. The molecule has 2 amide bonds. The molecular formula is C22H24N2O5. The first-order valence-corrected chi connectivity index (χ1v) is 9.84. The molecule has 2 aliphatic heterocycles. The molecule has 7 heteroatoms. The largest absolute Gasteiger partial charge is 0.490 e. The summed E-state index contributed by atoms with van der Waals surface area (Å²) < 4.78 is 17.1. The summed E-state index contributed by atoms with van der Waals surface area (Å²) in [6, 6.07) is 12.5. The van der Waals surface area contributed by atoms with E-state index in [1.807, 2.05) is 23.1 Å². The molecule has 2 N–H and O–H groups in total. The average molecular weight is 396 g/mol.